The van der Waals surface area contributed by atoms with E-state index in [0.717, 1.165) is 20.3 Å². The van der Waals surface area contributed by atoms with Gasteiger partial charge in [0.25, 0.3) is 0 Å². The van der Waals surface area contributed by atoms with E-state index in [1.807, 2.05) is 57.2 Å². The Bertz CT molecular complexity index is 556. The molecular formula is C15H17Br2NO. The summed E-state index contributed by atoms with van der Waals surface area (Å²) in [5.74, 6) is 1.46. The van der Waals surface area contributed by atoms with Gasteiger partial charge in [0, 0.05) is 8.95 Å². The molecule has 0 unspecified atom stereocenters. The van der Waals surface area contributed by atoms with Crippen LogP contribution in [0.3, 0.4) is 0 Å². The molecule has 2 N–H and O–H groups in total. The standard InChI is InChI=1S/C13H11Br2NO.C2H6/c1-8-6-9(14)3-5-12(8)17-13-7-10(15)2-4-11(13)16;1-2/h2-7H,16H2,1H3;1-2H3. The van der Waals surface area contributed by atoms with Gasteiger partial charge in [-0.1, -0.05) is 45.7 Å². The Morgan fingerprint density at radius 2 is 1.47 bits per heavy atom. The summed E-state index contributed by atoms with van der Waals surface area (Å²) in [4.78, 5) is 0. The first-order chi connectivity index (χ1) is 9.06. The summed E-state index contributed by atoms with van der Waals surface area (Å²) in [6.45, 7) is 5.99. The van der Waals surface area contributed by atoms with E-state index in [1.54, 1.807) is 0 Å². The quantitative estimate of drug-likeness (QED) is 0.650. The molecule has 0 amide bonds. The molecule has 2 aromatic rings. The van der Waals surface area contributed by atoms with Crippen molar-refractivity contribution in [2.24, 2.45) is 0 Å². The van der Waals surface area contributed by atoms with E-state index in [9.17, 15) is 0 Å². The number of anilines is 1. The lowest BCUT2D eigenvalue weighted by atomic mass is 10.2. The minimum absolute atomic E-state index is 0.621. The highest BCUT2D eigenvalue weighted by atomic mass is 79.9. The lowest BCUT2D eigenvalue weighted by Crippen LogP contribution is -1.93. The largest absolute Gasteiger partial charge is 0.455 e. The van der Waals surface area contributed by atoms with Crippen LogP contribution in [0.15, 0.2) is 45.3 Å². The average Bonchev–Trinajstić information content (AvgIpc) is 2.39. The zero-order chi connectivity index (χ0) is 14.4. The third-order valence-corrected chi connectivity index (χ3v) is 3.32. The molecule has 0 atom stereocenters. The summed E-state index contributed by atoms with van der Waals surface area (Å²) in [5.41, 5.74) is 7.54. The van der Waals surface area contributed by atoms with Crippen molar-refractivity contribution in [3.8, 4) is 11.5 Å². The van der Waals surface area contributed by atoms with Gasteiger partial charge in [-0.2, -0.15) is 0 Å². The normalized spacial score (nSPS) is 9.53. The molecule has 0 spiro atoms. The summed E-state index contributed by atoms with van der Waals surface area (Å²) in [5, 5.41) is 0. The molecule has 19 heavy (non-hydrogen) atoms. The summed E-state index contributed by atoms with van der Waals surface area (Å²) in [6.07, 6.45) is 0. The van der Waals surface area contributed by atoms with Crippen LogP contribution in [0.2, 0.25) is 0 Å². The van der Waals surface area contributed by atoms with Crippen LogP contribution >= 0.6 is 31.9 Å². The maximum atomic E-state index is 5.86. The van der Waals surface area contributed by atoms with Crippen LogP contribution in [-0.2, 0) is 0 Å². The minimum atomic E-state index is 0.621. The summed E-state index contributed by atoms with van der Waals surface area (Å²) >= 11 is 6.82. The zero-order valence-corrected chi connectivity index (χ0v) is 14.4. The third kappa shape index (κ3) is 4.55. The minimum Gasteiger partial charge on any atom is -0.455 e. The van der Waals surface area contributed by atoms with Crippen LogP contribution in [0.1, 0.15) is 19.4 Å². The van der Waals surface area contributed by atoms with Gasteiger partial charge in [-0.3, -0.25) is 0 Å². The van der Waals surface area contributed by atoms with Gasteiger partial charge >= 0.3 is 0 Å². The molecule has 0 aliphatic carbocycles. The molecule has 2 aromatic carbocycles. The second-order valence-corrected chi connectivity index (χ2v) is 5.53. The third-order valence-electron chi connectivity index (χ3n) is 2.33. The van der Waals surface area contributed by atoms with Crippen LogP contribution in [0, 0.1) is 6.92 Å². The first kappa shape index (κ1) is 16.1. The number of nitrogens with two attached hydrogens (primary N) is 1. The van der Waals surface area contributed by atoms with Crippen LogP contribution in [0.25, 0.3) is 0 Å². The van der Waals surface area contributed by atoms with Crippen LogP contribution in [-0.4, -0.2) is 0 Å². The Labute approximate surface area is 131 Å². The number of ether oxygens (including phenoxy) is 1. The van der Waals surface area contributed by atoms with Gasteiger partial charge in [-0.15, -0.1) is 0 Å². The van der Waals surface area contributed by atoms with Gasteiger partial charge in [-0.05, 0) is 48.9 Å². The molecular weight excluding hydrogens is 370 g/mol. The highest BCUT2D eigenvalue weighted by Gasteiger charge is 2.05. The summed E-state index contributed by atoms with van der Waals surface area (Å²) < 4.78 is 7.77. The second-order valence-electron chi connectivity index (χ2n) is 3.69. The maximum Gasteiger partial charge on any atom is 0.151 e. The maximum absolute atomic E-state index is 5.86. The van der Waals surface area contributed by atoms with Crippen molar-refractivity contribution in [2.75, 3.05) is 5.73 Å². The summed E-state index contributed by atoms with van der Waals surface area (Å²) in [6, 6.07) is 11.4. The van der Waals surface area contributed by atoms with Gasteiger partial charge in [0.2, 0.25) is 0 Å². The predicted octanol–water partition coefficient (Wildman–Crippen LogP) is 5.92. The fraction of sp³-hybridized carbons (Fsp3) is 0.200. The summed E-state index contributed by atoms with van der Waals surface area (Å²) in [7, 11) is 0. The SMILES string of the molecule is CC.Cc1cc(Br)ccc1Oc1cc(Br)ccc1N. The molecule has 0 aliphatic rings. The molecule has 4 heteroatoms. The van der Waals surface area contributed by atoms with Crippen molar-refractivity contribution in [3.05, 3.63) is 50.9 Å². The number of aryl methyl sites for hydroxylation is 1. The van der Waals surface area contributed by atoms with Crippen molar-refractivity contribution in [1.29, 1.82) is 0 Å². The molecule has 0 heterocycles. The zero-order valence-electron chi connectivity index (χ0n) is 11.2. The molecule has 0 bridgehead atoms. The molecule has 0 aromatic heterocycles. The van der Waals surface area contributed by atoms with Crippen molar-refractivity contribution >= 4 is 37.5 Å². The van der Waals surface area contributed by atoms with Crippen LogP contribution < -0.4 is 10.5 Å². The van der Waals surface area contributed by atoms with Crippen molar-refractivity contribution < 1.29 is 4.74 Å². The number of benzene rings is 2. The molecule has 2 nitrogen and oxygen atoms in total. The van der Waals surface area contributed by atoms with Crippen LogP contribution in [0.4, 0.5) is 5.69 Å². The number of nitrogen functional groups attached to an aromatic ring is 1. The van der Waals surface area contributed by atoms with Crippen molar-refractivity contribution in [1.82, 2.24) is 0 Å². The van der Waals surface area contributed by atoms with Crippen molar-refractivity contribution in [2.45, 2.75) is 20.8 Å². The topological polar surface area (TPSA) is 35.2 Å². The number of rotatable bonds is 2. The predicted molar refractivity (Wildman–Crippen MR) is 88.9 cm³/mol. The van der Waals surface area contributed by atoms with Gasteiger partial charge < -0.3 is 10.5 Å². The van der Waals surface area contributed by atoms with E-state index in [0.29, 0.717) is 11.4 Å². The number of halogens is 2. The molecule has 0 fully saturated rings. The van der Waals surface area contributed by atoms with Crippen molar-refractivity contribution in [3.63, 3.8) is 0 Å². The fourth-order valence-corrected chi connectivity index (χ4v) is 2.26. The Morgan fingerprint density at radius 3 is 2.11 bits per heavy atom. The average molecular weight is 387 g/mol. The highest BCUT2D eigenvalue weighted by Crippen LogP contribution is 2.32. The highest BCUT2D eigenvalue weighted by molar-refractivity contribution is 9.10. The van der Waals surface area contributed by atoms with E-state index in [4.69, 9.17) is 10.5 Å². The second kappa shape index (κ2) is 7.56. The van der Waals surface area contributed by atoms with E-state index >= 15 is 0 Å². The molecule has 0 radical (unpaired) electrons. The first-order valence-corrected chi connectivity index (χ1v) is 7.64. The van der Waals surface area contributed by atoms with E-state index < -0.39 is 0 Å². The number of hydrogen-bond donors (Lipinski definition) is 1. The molecule has 102 valence electrons. The number of hydrogen-bond acceptors (Lipinski definition) is 2. The Kier molecular flexibility index (Phi) is 6.38. The fourth-order valence-electron chi connectivity index (χ4n) is 1.44. The molecule has 0 saturated heterocycles. The lowest BCUT2D eigenvalue weighted by molar-refractivity contribution is 0.481. The monoisotopic (exact) mass is 385 g/mol. The Balaban J connectivity index is 0.000000861. The lowest BCUT2D eigenvalue weighted by Gasteiger charge is -2.11. The van der Waals surface area contributed by atoms with E-state index in [-0.39, 0.29) is 0 Å². The Hall–Kier alpha value is -1.00. The smallest absolute Gasteiger partial charge is 0.151 e. The van der Waals surface area contributed by atoms with Gasteiger partial charge in [-0.25, -0.2) is 0 Å². The molecule has 0 aliphatic heterocycles. The Morgan fingerprint density at radius 1 is 0.895 bits per heavy atom. The van der Waals surface area contributed by atoms with E-state index in [1.165, 1.54) is 0 Å². The van der Waals surface area contributed by atoms with Gasteiger partial charge in [0.1, 0.15) is 5.75 Å². The van der Waals surface area contributed by atoms with Crippen LogP contribution in [0.5, 0.6) is 11.5 Å². The molecule has 2 rings (SSSR count). The van der Waals surface area contributed by atoms with Gasteiger partial charge in [0.05, 0.1) is 5.69 Å². The van der Waals surface area contributed by atoms with Gasteiger partial charge in [0.15, 0.2) is 5.75 Å². The molecule has 0 saturated carbocycles. The van der Waals surface area contributed by atoms with E-state index in [2.05, 4.69) is 31.9 Å². The first-order valence-electron chi connectivity index (χ1n) is 6.05.